The minimum Gasteiger partial charge on any atom is -0.379 e. The zero-order valence-electron chi connectivity index (χ0n) is 16.3. The van der Waals surface area contributed by atoms with Gasteiger partial charge >= 0.3 is 6.18 Å². The first-order valence-electron chi connectivity index (χ1n) is 9.86. The zero-order chi connectivity index (χ0) is 21.0. The number of nitrogens with one attached hydrogen (secondary N) is 3. The summed E-state index contributed by atoms with van der Waals surface area (Å²) in [5.41, 5.74) is -0.447. The third kappa shape index (κ3) is 5.10. The quantitative estimate of drug-likeness (QED) is 0.590. The monoisotopic (exact) mass is 423 g/mol. The van der Waals surface area contributed by atoms with E-state index in [1.807, 2.05) is 0 Å². The molecular weight excluding hydrogens is 399 g/mol. The number of nitrogens with zero attached hydrogens (tertiary/aromatic N) is 4. The van der Waals surface area contributed by atoms with Crippen molar-refractivity contribution in [3.8, 4) is 0 Å². The second kappa shape index (κ2) is 9.02. The standard InChI is InChI=1S/C19H24F3N7O/c20-19(21,22)14-3-1-4-15(13-14)25-18-26-17-16(24-6-8-29(17)27-18)23-5-2-7-28-9-11-30-12-10-28/h1,3-4,6,8,13,16,23-24H,2,5,7,9-12H2,(H,25,27). The van der Waals surface area contributed by atoms with E-state index in [0.29, 0.717) is 5.82 Å². The molecular formula is C19H24F3N7O. The molecule has 2 aliphatic rings. The second-order valence-corrected chi connectivity index (χ2v) is 7.12. The van der Waals surface area contributed by atoms with E-state index in [9.17, 15) is 13.2 Å². The Kier molecular flexibility index (Phi) is 6.21. The summed E-state index contributed by atoms with van der Waals surface area (Å²) in [4.78, 5) is 6.82. The average Bonchev–Trinajstić information content (AvgIpc) is 3.15. The van der Waals surface area contributed by atoms with Crippen molar-refractivity contribution in [3.63, 3.8) is 0 Å². The van der Waals surface area contributed by atoms with Gasteiger partial charge in [-0.2, -0.15) is 18.2 Å². The minimum absolute atomic E-state index is 0.232. The smallest absolute Gasteiger partial charge is 0.379 e. The number of ether oxygens (including phenoxy) is 1. The van der Waals surface area contributed by atoms with Crippen LogP contribution in [0, 0.1) is 0 Å². The lowest BCUT2D eigenvalue weighted by Gasteiger charge is -2.27. The predicted molar refractivity (Wildman–Crippen MR) is 106 cm³/mol. The van der Waals surface area contributed by atoms with E-state index in [2.05, 4.69) is 30.9 Å². The molecule has 3 heterocycles. The van der Waals surface area contributed by atoms with Crippen molar-refractivity contribution in [2.24, 2.45) is 0 Å². The molecule has 1 unspecified atom stereocenters. The molecule has 2 aromatic rings. The van der Waals surface area contributed by atoms with Gasteiger partial charge in [0.2, 0.25) is 5.95 Å². The first kappa shape index (κ1) is 20.6. The van der Waals surface area contributed by atoms with Crippen LogP contribution >= 0.6 is 0 Å². The highest BCUT2D eigenvalue weighted by atomic mass is 19.4. The molecule has 3 N–H and O–H groups in total. The van der Waals surface area contributed by atoms with Crippen LogP contribution in [0.5, 0.6) is 0 Å². The number of hydrogen-bond donors (Lipinski definition) is 3. The Hall–Kier alpha value is -2.63. The number of anilines is 2. The van der Waals surface area contributed by atoms with Crippen LogP contribution in [0.3, 0.4) is 0 Å². The summed E-state index contributed by atoms with van der Waals surface area (Å²) in [6.45, 7) is 5.27. The van der Waals surface area contributed by atoms with Gasteiger partial charge in [-0.3, -0.25) is 10.2 Å². The van der Waals surface area contributed by atoms with E-state index in [0.717, 1.165) is 57.9 Å². The fraction of sp³-hybridized carbons (Fsp3) is 0.474. The summed E-state index contributed by atoms with van der Waals surface area (Å²) in [5.74, 6) is 0.871. The Labute approximate surface area is 172 Å². The maximum atomic E-state index is 12.9. The highest BCUT2D eigenvalue weighted by Gasteiger charge is 2.30. The third-order valence-corrected chi connectivity index (χ3v) is 4.94. The van der Waals surface area contributed by atoms with Crippen molar-refractivity contribution in [1.29, 1.82) is 0 Å². The van der Waals surface area contributed by atoms with E-state index in [1.54, 1.807) is 23.1 Å². The van der Waals surface area contributed by atoms with E-state index >= 15 is 0 Å². The van der Waals surface area contributed by atoms with E-state index in [-0.39, 0.29) is 17.8 Å². The average molecular weight is 423 g/mol. The Bertz CT molecular complexity index is 877. The maximum absolute atomic E-state index is 12.9. The predicted octanol–water partition coefficient (Wildman–Crippen LogP) is 2.38. The van der Waals surface area contributed by atoms with Gasteiger partial charge in [0.25, 0.3) is 0 Å². The van der Waals surface area contributed by atoms with Gasteiger partial charge in [-0.15, -0.1) is 5.10 Å². The summed E-state index contributed by atoms with van der Waals surface area (Å²) < 4.78 is 45.7. The van der Waals surface area contributed by atoms with Gasteiger partial charge in [0.15, 0.2) is 5.82 Å². The molecule has 0 radical (unpaired) electrons. The van der Waals surface area contributed by atoms with Gasteiger partial charge < -0.3 is 15.4 Å². The first-order chi connectivity index (χ1) is 14.5. The van der Waals surface area contributed by atoms with Crippen LogP contribution in [-0.4, -0.2) is 59.1 Å². The van der Waals surface area contributed by atoms with Gasteiger partial charge in [-0.25, -0.2) is 4.68 Å². The molecule has 0 saturated carbocycles. The number of halogens is 3. The molecule has 0 spiro atoms. The maximum Gasteiger partial charge on any atom is 0.416 e. The normalized spacial score (nSPS) is 19.4. The van der Waals surface area contributed by atoms with Gasteiger partial charge in [0.1, 0.15) is 6.17 Å². The van der Waals surface area contributed by atoms with Crippen molar-refractivity contribution < 1.29 is 17.9 Å². The molecule has 1 aromatic carbocycles. The van der Waals surface area contributed by atoms with Crippen molar-refractivity contribution in [2.45, 2.75) is 18.8 Å². The van der Waals surface area contributed by atoms with Crippen LogP contribution in [0.4, 0.5) is 24.8 Å². The molecule has 0 amide bonds. The molecule has 1 saturated heterocycles. The van der Waals surface area contributed by atoms with Crippen molar-refractivity contribution >= 4 is 17.8 Å². The number of aromatic nitrogens is 3. The van der Waals surface area contributed by atoms with Crippen molar-refractivity contribution in [1.82, 2.24) is 30.3 Å². The summed E-state index contributed by atoms with van der Waals surface area (Å²) in [7, 11) is 0. The number of fused-ring (bicyclic) bond motifs is 1. The number of rotatable bonds is 7. The molecule has 0 bridgehead atoms. The van der Waals surface area contributed by atoms with E-state index in [4.69, 9.17) is 4.74 Å². The molecule has 1 fully saturated rings. The third-order valence-electron chi connectivity index (χ3n) is 4.94. The van der Waals surface area contributed by atoms with Crippen molar-refractivity contribution in [2.75, 3.05) is 44.7 Å². The minimum atomic E-state index is -4.40. The lowest BCUT2D eigenvalue weighted by Crippen LogP contribution is -2.39. The van der Waals surface area contributed by atoms with Crippen LogP contribution in [0.25, 0.3) is 6.20 Å². The molecule has 1 atom stereocenters. The number of hydrogen-bond acceptors (Lipinski definition) is 7. The largest absolute Gasteiger partial charge is 0.416 e. The summed E-state index contributed by atoms with van der Waals surface area (Å²) in [6, 6.07) is 4.96. The van der Waals surface area contributed by atoms with Crippen LogP contribution in [0.2, 0.25) is 0 Å². The van der Waals surface area contributed by atoms with Gasteiger partial charge in [-0.1, -0.05) is 6.07 Å². The first-order valence-corrected chi connectivity index (χ1v) is 9.86. The van der Waals surface area contributed by atoms with E-state index < -0.39 is 11.7 Å². The lowest BCUT2D eigenvalue weighted by molar-refractivity contribution is -0.137. The molecule has 1 aromatic heterocycles. The van der Waals surface area contributed by atoms with Crippen LogP contribution < -0.4 is 16.0 Å². The Morgan fingerprint density at radius 1 is 1.23 bits per heavy atom. The molecule has 162 valence electrons. The second-order valence-electron chi connectivity index (χ2n) is 7.12. The highest BCUT2D eigenvalue weighted by molar-refractivity contribution is 5.55. The molecule has 8 nitrogen and oxygen atoms in total. The molecule has 4 rings (SSSR count). The topological polar surface area (TPSA) is 79.3 Å². The summed E-state index contributed by atoms with van der Waals surface area (Å²) >= 11 is 0. The van der Waals surface area contributed by atoms with Gasteiger partial charge in [-0.05, 0) is 37.7 Å². The van der Waals surface area contributed by atoms with Gasteiger partial charge in [0.05, 0.1) is 18.8 Å². The Morgan fingerprint density at radius 2 is 2.07 bits per heavy atom. The Morgan fingerprint density at radius 3 is 2.87 bits per heavy atom. The summed E-state index contributed by atoms with van der Waals surface area (Å²) in [6.07, 6.45) is -0.183. The van der Waals surface area contributed by atoms with Crippen molar-refractivity contribution in [3.05, 3.63) is 41.9 Å². The SMILES string of the molecule is FC(F)(F)c1cccc(Nc2nc3n(n2)C=CNC3NCCCN2CCOCC2)c1. The van der Waals surface area contributed by atoms with Crippen LogP contribution in [-0.2, 0) is 10.9 Å². The number of benzene rings is 1. The summed E-state index contributed by atoms with van der Waals surface area (Å²) in [5, 5.41) is 13.8. The lowest BCUT2D eigenvalue weighted by atomic mass is 10.2. The van der Waals surface area contributed by atoms with Crippen LogP contribution in [0.1, 0.15) is 24.0 Å². The molecule has 30 heavy (non-hydrogen) atoms. The van der Waals surface area contributed by atoms with Gasteiger partial charge in [0, 0.05) is 31.2 Å². The number of alkyl halides is 3. The molecule has 0 aliphatic carbocycles. The molecule has 2 aliphatic heterocycles. The zero-order valence-corrected chi connectivity index (χ0v) is 16.3. The Balaban J connectivity index is 1.35. The highest BCUT2D eigenvalue weighted by Crippen LogP contribution is 2.31. The fourth-order valence-electron chi connectivity index (χ4n) is 3.41. The van der Waals surface area contributed by atoms with Crippen LogP contribution in [0.15, 0.2) is 30.5 Å². The fourth-order valence-corrected chi connectivity index (χ4v) is 3.41. The molecule has 11 heteroatoms. The van der Waals surface area contributed by atoms with E-state index in [1.165, 1.54) is 6.07 Å². The number of morpholine rings is 1.